The van der Waals surface area contributed by atoms with Crippen molar-refractivity contribution in [3.05, 3.63) is 41.0 Å². The fourth-order valence-corrected chi connectivity index (χ4v) is 1.93. The minimum Gasteiger partial charge on any atom is -0.316 e. The van der Waals surface area contributed by atoms with Crippen LogP contribution in [-0.4, -0.2) is 13.1 Å². The molecule has 3 heteroatoms. The Bertz CT molecular complexity index is 389. The minimum absolute atomic E-state index is 0.355. The molecule has 0 atom stereocenters. The SMILES string of the molecule is Fc1ccc(F)c(/C=C2/CCCNCC2)c1. The van der Waals surface area contributed by atoms with Crippen molar-refractivity contribution >= 4 is 6.08 Å². The lowest BCUT2D eigenvalue weighted by Gasteiger charge is -2.03. The minimum atomic E-state index is -0.389. The molecule has 0 unspecified atom stereocenters. The van der Waals surface area contributed by atoms with Gasteiger partial charge in [-0.3, -0.25) is 0 Å². The highest BCUT2D eigenvalue weighted by atomic mass is 19.1. The molecule has 1 aliphatic rings. The molecule has 0 aliphatic carbocycles. The van der Waals surface area contributed by atoms with Crippen molar-refractivity contribution in [3.63, 3.8) is 0 Å². The molecule has 0 aromatic heterocycles. The van der Waals surface area contributed by atoms with Crippen LogP contribution in [0, 0.1) is 11.6 Å². The summed E-state index contributed by atoms with van der Waals surface area (Å²) < 4.78 is 26.4. The van der Waals surface area contributed by atoms with Gasteiger partial charge in [0.15, 0.2) is 0 Å². The first kappa shape index (κ1) is 11.3. The monoisotopic (exact) mass is 223 g/mol. The van der Waals surface area contributed by atoms with E-state index in [4.69, 9.17) is 0 Å². The highest BCUT2D eigenvalue weighted by molar-refractivity contribution is 5.53. The van der Waals surface area contributed by atoms with Crippen LogP contribution in [0.25, 0.3) is 6.08 Å². The molecule has 16 heavy (non-hydrogen) atoms. The smallest absolute Gasteiger partial charge is 0.130 e. The lowest BCUT2D eigenvalue weighted by molar-refractivity contribution is 0.597. The van der Waals surface area contributed by atoms with Crippen LogP contribution in [-0.2, 0) is 0 Å². The van der Waals surface area contributed by atoms with Crippen molar-refractivity contribution in [3.8, 4) is 0 Å². The second-order valence-corrected chi connectivity index (χ2v) is 4.07. The third-order valence-corrected chi connectivity index (χ3v) is 2.79. The van der Waals surface area contributed by atoms with Crippen LogP contribution in [0.1, 0.15) is 24.8 Å². The van der Waals surface area contributed by atoms with Crippen LogP contribution < -0.4 is 5.32 Å². The van der Waals surface area contributed by atoms with E-state index < -0.39 is 0 Å². The zero-order valence-electron chi connectivity index (χ0n) is 9.10. The van der Waals surface area contributed by atoms with Crippen molar-refractivity contribution < 1.29 is 8.78 Å². The second-order valence-electron chi connectivity index (χ2n) is 4.07. The number of hydrogen-bond acceptors (Lipinski definition) is 1. The molecule has 2 rings (SSSR count). The molecule has 0 amide bonds. The average Bonchev–Trinajstić information content (AvgIpc) is 2.52. The van der Waals surface area contributed by atoms with Gasteiger partial charge in [-0.05, 0) is 50.6 Å². The summed E-state index contributed by atoms with van der Waals surface area (Å²) in [5.74, 6) is -0.744. The summed E-state index contributed by atoms with van der Waals surface area (Å²) in [6.07, 6.45) is 4.72. The molecule has 0 spiro atoms. The third kappa shape index (κ3) is 2.89. The average molecular weight is 223 g/mol. The van der Waals surface area contributed by atoms with E-state index in [-0.39, 0.29) is 11.6 Å². The van der Waals surface area contributed by atoms with Gasteiger partial charge in [0.25, 0.3) is 0 Å². The molecule has 1 aliphatic heterocycles. The van der Waals surface area contributed by atoms with Gasteiger partial charge in [0.2, 0.25) is 0 Å². The van der Waals surface area contributed by atoms with Crippen LogP contribution in [0.5, 0.6) is 0 Å². The lowest BCUT2D eigenvalue weighted by atomic mass is 10.0. The maximum atomic E-state index is 13.4. The fourth-order valence-electron chi connectivity index (χ4n) is 1.93. The summed E-state index contributed by atoms with van der Waals surface area (Å²) in [6.45, 7) is 1.92. The van der Waals surface area contributed by atoms with Gasteiger partial charge in [0, 0.05) is 5.56 Å². The molecule has 1 aromatic carbocycles. The van der Waals surface area contributed by atoms with E-state index in [1.54, 1.807) is 6.08 Å². The third-order valence-electron chi connectivity index (χ3n) is 2.79. The van der Waals surface area contributed by atoms with Crippen molar-refractivity contribution in [2.24, 2.45) is 0 Å². The van der Waals surface area contributed by atoms with Crippen LogP contribution in [0.2, 0.25) is 0 Å². The molecular formula is C13H15F2N. The number of rotatable bonds is 1. The van der Waals surface area contributed by atoms with Gasteiger partial charge in [-0.1, -0.05) is 11.6 Å². The Hall–Kier alpha value is -1.22. The maximum Gasteiger partial charge on any atom is 0.130 e. The lowest BCUT2D eigenvalue weighted by Crippen LogP contribution is -2.13. The van der Waals surface area contributed by atoms with E-state index in [9.17, 15) is 8.78 Å². The molecule has 1 saturated heterocycles. The molecule has 86 valence electrons. The summed E-state index contributed by atoms with van der Waals surface area (Å²) in [7, 11) is 0. The van der Waals surface area contributed by atoms with Crippen LogP contribution in [0.15, 0.2) is 23.8 Å². The number of halogens is 2. The van der Waals surface area contributed by atoms with Crippen molar-refractivity contribution in [1.29, 1.82) is 0 Å². The van der Waals surface area contributed by atoms with Gasteiger partial charge in [-0.25, -0.2) is 8.78 Å². The Morgan fingerprint density at radius 3 is 2.88 bits per heavy atom. The molecule has 0 radical (unpaired) electrons. The van der Waals surface area contributed by atoms with Gasteiger partial charge in [-0.15, -0.1) is 0 Å². The fraction of sp³-hybridized carbons (Fsp3) is 0.385. The quantitative estimate of drug-likeness (QED) is 0.771. The predicted molar refractivity (Wildman–Crippen MR) is 61.1 cm³/mol. The zero-order chi connectivity index (χ0) is 11.4. The Balaban J connectivity index is 2.22. The highest BCUT2D eigenvalue weighted by Crippen LogP contribution is 2.19. The molecular weight excluding hydrogens is 208 g/mol. The van der Waals surface area contributed by atoms with Crippen molar-refractivity contribution in [1.82, 2.24) is 5.32 Å². The molecule has 1 heterocycles. The summed E-state index contributed by atoms with van der Waals surface area (Å²) in [5, 5.41) is 3.28. The molecule has 0 bridgehead atoms. The van der Waals surface area contributed by atoms with Gasteiger partial charge in [0.1, 0.15) is 11.6 Å². The standard InChI is InChI=1S/C13H15F2N/c14-12-3-4-13(15)11(9-12)8-10-2-1-6-16-7-5-10/h3-4,8-9,16H,1-2,5-7H2/b10-8-. The van der Waals surface area contributed by atoms with Gasteiger partial charge in [0.05, 0.1) is 0 Å². The van der Waals surface area contributed by atoms with E-state index in [0.717, 1.165) is 38.4 Å². The van der Waals surface area contributed by atoms with E-state index in [1.165, 1.54) is 17.7 Å². The normalized spacial score (nSPS) is 19.8. The van der Waals surface area contributed by atoms with Crippen LogP contribution >= 0.6 is 0 Å². The molecule has 1 nitrogen and oxygen atoms in total. The highest BCUT2D eigenvalue weighted by Gasteiger charge is 2.06. The van der Waals surface area contributed by atoms with Crippen molar-refractivity contribution in [2.45, 2.75) is 19.3 Å². The summed E-state index contributed by atoms with van der Waals surface area (Å²) in [5.41, 5.74) is 1.55. The molecule has 1 N–H and O–H groups in total. The van der Waals surface area contributed by atoms with E-state index in [2.05, 4.69) is 5.32 Å². The largest absolute Gasteiger partial charge is 0.316 e. The Kier molecular flexibility index (Phi) is 3.67. The van der Waals surface area contributed by atoms with E-state index >= 15 is 0 Å². The van der Waals surface area contributed by atoms with E-state index in [0.29, 0.717) is 5.56 Å². The molecule has 1 fully saturated rings. The maximum absolute atomic E-state index is 13.4. The number of hydrogen-bond donors (Lipinski definition) is 1. The van der Waals surface area contributed by atoms with E-state index in [1.807, 2.05) is 0 Å². The first-order valence-corrected chi connectivity index (χ1v) is 5.61. The number of benzene rings is 1. The Labute approximate surface area is 94.2 Å². The van der Waals surface area contributed by atoms with Crippen molar-refractivity contribution in [2.75, 3.05) is 13.1 Å². The zero-order valence-corrected chi connectivity index (χ0v) is 9.10. The first-order valence-electron chi connectivity index (χ1n) is 5.61. The molecule has 0 saturated carbocycles. The second kappa shape index (κ2) is 5.21. The van der Waals surface area contributed by atoms with Crippen LogP contribution in [0.3, 0.4) is 0 Å². The topological polar surface area (TPSA) is 12.0 Å². The predicted octanol–water partition coefficient (Wildman–Crippen LogP) is 3.12. The van der Waals surface area contributed by atoms with Gasteiger partial charge in [-0.2, -0.15) is 0 Å². The van der Waals surface area contributed by atoms with Gasteiger partial charge < -0.3 is 5.32 Å². The first-order chi connectivity index (χ1) is 7.75. The summed E-state index contributed by atoms with van der Waals surface area (Å²) >= 11 is 0. The Morgan fingerprint density at radius 1 is 1.12 bits per heavy atom. The van der Waals surface area contributed by atoms with Gasteiger partial charge >= 0.3 is 0 Å². The Morgan fingerprint density at radius 2 is 2.00 bits per heavy atom. The van der Waals surface area contributed by atoms with Crippen LogP contribution in [0.4, 0.5) is 8.78 Å². The summed E-state index contributed by atoms with van der Waals surface area (Å²) in [4.78, 5) is 0. The molecule has 1 aromatic rings. The summed E-state index contributed by atoms with van der Waals surface area (Å²) in [6, 6.07) is 3.57. The number of nitrogens with one attached hydrogen (secondary N) is 1.